The first kappa shape index (κ1) is 17.8. The van der Waals surface area contributed by atoms with Gasteiger partial charge < -0.3 is 24.7 Å². The molecule has 0 amide bonds. The van der Waals surface area contributed by atoms with Crippen LogP contribution in [0.15, 0.2) is 42.5 Å². The molecular formula is C19H23NO4. The van der Waals surface area contributed by atoms with Gasteiger partial charge in [-0.1, -0.05) is 30.3 Å². The number of aliphatic hydroxyl groups is 1. The Morgan fingerprint density at radius 1 is 1.00 bits per heavy atom. The number of ether oxygens (including phenoxy) is 3. The smallest absolute Gasteiger partial charge is 0.203 e. The molecule has 2 aromatic carbocycles. The molecule has 0 aliphatic heterocycles. The van der Waals surface area contributed by atoms with Crippen molar-refractivity contribution >= 4 is 5.71 Å². The molecule has 5 nitrogen and oxygen atoms in total. The Morgan fingerprint density at radius 3 is 2.08 bits per heavy atom. The second kappa shape index (κ2) is 8.36. The zero-order valence-corrected chi connectivity index (χ0v) is 14.2. The number of hydrogen-bond donors (Lipinski definition) is 2. The molecule has 0 heterocycles. The highest BCUT2D eigenvalue weighted by Gasteiger charge is 2.16. The van der Waals surface area contributed by atoms with Gasteiger partial charge in [0.05, 0.1) is 33.1 Å². The second-order valence-corrected chi connectivity index (χ2v) is 5.37. The van der Waals surface area contributed by atoms with Crippen molar-refractivity contribution < 1.29 is 19.3 Å². The highest BCUT2D eigenvalue weighted by atomic mass is 16.5. The van der Waals surface area contributed by atoms with Crippen LogP contribution in [0, 0.1) is 5.41 Å². The van der Waals surface area contributed by atoms with E-state index in [9.17, 15) is 5.11 Å². The quantitative estimate of drug-likeness (QED) is 0.730. The summed E-state index contributed by atoms with van der Waals surface area (Å²) in [4.78, 5) is 0. The molecule has 0 spiro atoms. The summed E-state index contributed by atoms with van der Waals surface area (Å²) < 4.78 is 16.0. The van der Waals surface area contributed by atoms with Gasteiger partial charge in [-0.05, 0) is 36.1 Å². The Morgan fingerprint density at radius 2 is 1.58 bits per heavy atom. The molecule has 0 bridgehead atoms. The van der Waals surface area contributed by atoms with Crippen molar-refractivity contribution in [1.82, 2.24) is 0 Å². The number of methoxy groups -OCH3 is 3. The molecule has 1 unspecified atom stereocenters. The van der Waals surface area contributed by atoms with Gasteiger partial charge in [-0.3, -0.25) is 0 Å². The van der Waals surface area contributed by atoms with E-state index >= 15 is 0 Å². The standard InChI is InChI=1S/C19H23NO4/c1-22-16-11-13(12-17(23-2)19(16)24-3)9-10-15(21)18(20)14-7-5-4-6-8-14/h4-8,11-12,15,20-21H,9-10H2,1-3H3. The van der Waals surface area contributed by atoms with E-state index < -0.39 is 6.10 Å². The van der Waals surface area contributed by atoms with Crippen LogP contribution in [-0.2, 0) is 6.42 Å². The molecule has 5 heteroatoms. The van der Waals surface area contributed by atoms with Crippen LogP contribution >= 0.6 is 0 Å². The first-order valence-electron chi connectivity index (χ1n) is 7.71. The molecule has 1 atom stereocenters. The van der Waals surface area contributed by atoms with E-state index in [4.69, 9.17) is 19.6 Å². The maximum atomic E-state index is 10.3. The largest absolute Gasteiger partial charge is 0.493 e. The number of aryl methyl sites for hydroxylation is 1. The summed E-state index contributed by atoms with van der Waals surface area (Å²) in [5, 5.41) is 18.4. The molecule has 128 valence electrons. The fourth-order valence-electron chi connectivity index (χ4n) is 2.54. The molecule has 0 aliphatic rings. The Labute approximate surface area is 142 Å². The zero-order chi connectivity index (χ0) is 17.5. The average molecular weight is 329 g/mol. The number of nitrogens with one attached hydrogen (secondary N) is 1. The molecular weight excluding hydrogens is 306 g/mol. The molecule has 24 heavy (non-hydrogen) atoms. The van der Waals surface area contributed by atoms with E-state index in [-0.39, 0.29) is 5.71 Å². The van der Waals surface area contributed by atoms with E-state index in [0.29, 0.717) is 30.1 Å². The molecule has 2 rings (SSSR count). The topological polar surface area (TPSA) is 71.8 Å². The summed E-state index contributed by atoms with van der Waals surface area (Å²) in [5.74, 6) is 1.71. The van der Waals surface area contributed by atoms with Crippen molar-refractivity contribution in [2.24, 2.45) is 0 Å². The van der Waals surface area contributed by atoms with Crippen molar-refractivity contribution in [3.05, 3.63) is 53.6 Å². The lowest BCUT2D eigenvalue weighted by molar-refractivity contribution is 0.230. The van der Waals surface area contributed by atoms with Crippen LogP contribution in [0.1, 0.15) is 17.5 Å². The fourth-order valence-corrected chi connectivity index (χ4v) is 2.54. The minimum atomic E-state index is -0.827. The normalized spacial score (nSPS) is 11.7. The van der Waals surface area contributed by atoms with Gasteiger partial charge in [-0.25, -0.2) is 0 Å². The predicted octanol–water partition coefficient (Wildman–Crippen LogP) is 3.07. The van der Waals surface area contributed by atoms with Crippen molar-refractivity contribution in [2.45, 2.75) is 18.9 Å². The summed E-state index contributed by atoms with van der Waals surface area (Å²) in [6.07, 6.45) is 0.200. The molecule has 2 N–H and O–H groups in total. The summed E-state index contributed by atoms with van der Waals surface area (Å²) in [6.45, 7) is 0. The van der Waals surface area contributed by atoms with Gasteiger partial charge in [0.15, 0.2) is 11.5 Å². The van der Waals surface area contributed by atoms with Gasteiger partial charge in [0, 0.05) is 0 Å². The van der Waals surface area contributed by atoms with Crippen molar-refractivity contribution in [2.75, 3.05) is 21.3 Å². The van der Waals surface area contributed by atoms with Gasteiger partial charge in [-0.15, -0.1) is 0 Å². The number of hydrogen-bond acceptors (Lipinski definition) is 5. The lowest BCUT2D eigenvalue weighted by Crippen LogP contribution is -2.21. The summed E-state index contributed by atoms with van der Waals surface area (Å²) >= 11 is 0. The summed E-state index contributed by atoms with van der Waals surface area (Å²) in [5.41, 5.74) is 1.90. The minimum absolute atomic E-state index is 0.225. The Kier molecular flexibility index (Phi) is 6.21. The molecule has 0 fully saturated rings. The van der Waals surface area contributed by atoms with Crippen LogP contribution in [0.25, 0.3) is 0 Å². The van der Waals surface area contributed by atoms with E-state index in [1.54, 1.807) is 21.3 Å². The molecule has 0 radical (unpaired) electrons. The highest BCUT2D eigenvalue weighted by Crippen LogP contribution is 2.38. The van der Waals surface area contributed by atoms with E-state index in [0.717, 1.165) is 11.1 Å². The Bertz CT molecular complexity index is 660. The van der Waals surface area contributed by atoms with Gasteiger partial charge >= 0.3 is 0 Å². The van der Waals surface area contributed by atoms with Crippen LogP contribution in [-0.4, -0.2) is 38.3 Å². The Hall–Kier alpha value is -2.53. The third-order valence-corrected chi connectivity index (χ3v) is 3.85. The first-order valence-corrected chi connectivity index (χ1v) is 7.71. The monoisotopic (exact) mass is 329 g/mol. The fraction of sp³-hybridized carbons (Fsp3) is 0.316. The maximum Gasteiger partial charge on any atom is 0.203 e. The third-order valence-electron chi connectivity index (χ3n) is 3.85. The number of benzene rings is 2. The predicted molar refractivity (Wildman–Crippen MR) is 93.7 cm³/mol. The maximum absolute atomic E-state index is 10.3. The van der Waals surface area contributed by atoms with Crippen LogP contribution in [0.4, 0.5) is 0 Å². The van der Waals surface area contributed by atoms with Gasteiger partial charge in [0.25, 0.3) is 0 Å². The first-order chi connectivity index (χ1) is 11.6. The van der Waals surface area contributed by atoms with Crippen LogP contribution in [0.5, 0.6) is 17.2 Å². The third kappa shape index (κ3) is 4.06. The molecule has 0 saturated carbocycles. The van der Waals surface area contributed by atoms with Crippen molar-refractivity contribution in [1.29, 1.82) is 5.41 Å². The van der Waals surface area contributed by atoms with Gasteiger partial charge in [0.2, 0.25) is 5.75 Å². The zero-order valence-electron chi connectivity index (χ0n) is 14.2. The van der Waals surface area contributed by atoms with E-state index in [1.165, 1.54) is 0 Å². The number of aliphatic hydroxyl groups excluding tert-OH is 1. The summed E-state index contributed by atoms with van der Waals surface area (Å²) in [6, 6.07) is 13.0. The molecule has 2 aromatic rings. The van der Waals surface area contributed by atoms with Crippen LogP contribution in [0.2, 0.25) is 0 Å². The van der Waals surface area contributed by atoms with Gasteiger partial charge in [-0.2, -0.15) is 0 Å². The SMILES string of the molecule is COc1cc(CCC(O)C(=N)c2ccccc2)cc(OC)c1OC. The average Bonchev–Trinajstić information content (AvgIpc) is 2.65. The van der Waals surface area contributed by atoms with Crippen molar-refractivity contribution in [3.8, 4) is 17.2 Å². The van der Waals surface area contributed by atoms with E-state index in [1.807, 2.05) is 42.5 Å². The number of rotatable bonds is 8. The molecule has 0 aliphatic carbocycles. The van der Waals surface area contributed by atoms with Gasteiger partial charge in [0.1, 0.15) is 0 Å². The van der Waals surface area contributed by atoms with Crippen LogP contribution < -0.4 is 14.2 Å². The Balaban J connectivity index is 2.10. The molecule has 0 saturated heterocycles. The molecule has 0 aromatic heterocycles. The lowest BCUT2D eigenvalue weighted by Gasteiger charge is -2.16. The van der Waals surface area contributed by atoms with E-state index in [2.05, 4.69) is 0 Å². The van der Waals surface area contributed by atoms with Crippen LogP contribution in [0.3, 0.4) is 0 Å². The lowest BCUT2D eigenvalue weighted by atomic mass is 9.99. The summed E-state index contributed by atoms with van der Waals surface area (Å²) in [7, 11) is 4.70. The second-order valence-electron chi connectivity index (χ2n) is 5.37. The van der Waals surface area contributed by atoms with Crippen molar-refractivity contribution in [3.63, 3.8) is 0 Å². The highest BCUT2D eigenvalue weighted by molar-refractivity contribution is 6.01. The minimum Gasteiger partial charge on any atom is -0.493 e.